The maximum absolute atomic E-state index is 11.6. The average Bonchev–Trinajstić information content (AvgIpc) is 2.68. The van der Waals surface area contributed by atoms with Crippen LogP contribution >= 0.6 is 0 Å². The number of hydrogen-bond donors (Lipinski definition) is 3. The van der Waals surface area contributed by atoms with E-state index in [4.69, 9.17) is 14.9 Å². The van der Waals surface area contributed by atoms with E-state index in [2.05, 4.69) is 6.92 Å². The Hall–Kier alpha value is -3.02. The van der Waals surface area contributed by atoms with Crippen molar-refractivity contribution in [1.82, 2.24) is 0 Å². The molecular formula is C22H28O6. The third-order valence-electron chi connectivity index (χ3n) is 3.99. The summed E-state index contributed by atoms with van der Waals surface area (Å²) in [5.74, 6) is -1.78. The molecule has 0 atom stereocenters. The van der Waals surface area contributed by atoms with Crippen molar-refractivity contribution in [3.63, 3.8) is 0 Å². The van der Waals surface area contributed by atoms with Crippen molar-refractivity contribution in [2.45, 2.75) is 45.4 Å². The summed E-state index contributed by atoms with van der Waals surface area (Å²) in [4.78, 5) is 21.9. The number of aromatic carboxylic acids is 1. The van der Waals surface area contributed by atoms with Crippen molar-refractivity contribution < 1.29 is 29.6 Å². The van der Waals surface area contributed by atoms with E-state index in [-0.39, 0.29) is 22.6 Å². The third-order valence-corrected chi connectivity index (χ3v) is 3.99. The number of aromatic hydroxyl groups is 2. The van der Waals surface area contributed by atoms with Crippen molar-refractivity contribution in [1.29, 1.82) is 0 Å². The number of esters is 1. The molecule has 0 aliphatic rings. The highest BCUT2D eigenvalue weighted by molar-refractivity contribution is 5.92. The molecule has 0 saturated carbocycles. The summed E-state index contributed by atoms with van der Waals surface area (Å²) in [5.41, 5.74) is 0.172. The van der Waals surface area contributed by atoms with E-state index >= 15 is 0 Å². The summed E-state index contributed by atoms with van der Waals surface area (Å²) in [6, 6.07) is 12.3. The fraction of sp³-hybridized carbons (Fsp3) is 0.364. The lowest BCUT2D eigenvalue weighted by molar-refractivity contribution is 0.0494. The van der Waals surface area contributed by atoms with Crippen LogP contribution in [0.15, 0.2) is 48.5 Å². The highest BCUT2D eigenvalue weighted by Crippen LogP contribution is 2.17. The smallest absolute Gasteiger partial charge is 0.341 e. The predicted molar refractivity (Wildman–Crippen MR) is 107 cm³/mol. The number of phenols is 2. The van der Waals surface area contributed by atoms with Gasteiger partial charge in [-0.2, -0.15) is 0 Å². The van der Waals surface area contributed by atoms with Gasteiger partial charge >= 0.3 is 11.9 Å². The van der Waals surface area contributed by atoms with E-state index in [9.17, 15) is 14.7 Å². The molecule has 0 bridgehead atoms. The van der Waals surface area contributed by atoms with Crippen LogP contribution in [-0.4, -0.2) is 33.9 Å². The van der Waals surface area contributed by atoms with Crippen molar-refractivity contribution in [3.8, 4) is 11.5 Å². The highest BCUT2D eigenvalue weighted by atomic mass is 16.5. The maximum Gasteiger partial charge on any atom is 0.341 e. The van der Waals surface area contributed by atoms with Gasteiger partial charge in [0.25, 0.3) is 0 Å². The minimum atomic E-state index is -1.11. The van der Waals surface area contributed by atoms with Gasteiger partial charge in [-0.05, 0) is 30.7 Å². The molecule has 0 heterocycles. The van der Waals surface area contributed by atoms with E-state index in [1.165, 1.54) is 43.9 Å². The molecule has 2 aromatic rings. The Kier molecular flexibility index (Phi) is 10.8. The largest absolute Gasteiger partial charge is 0.507 e. The lowest BCUT2D eigenvalue weighted by Gasteiger charge is -2.06. The van der Waals surface area contributed by atoms with E-state index in [1.54, 1.807) is 30.3 Å². The number of rotatable bonds is 9. The highest BCUT2D eigenvalue weighted by Gasteiger charge is 2.10. The molecule has 2 rings (SSSR count). The SMILES string of the molecule is CCCCCCCCOC(=O)c1ccccc1O.O=C(O)c1ccccc1O. The monoisotopic (exact) mass is 388 g/mol. The Morgan fingerprint density at radius 3 is 1.79 bits per heavy atom. The molecule has 6 nitrogen and oxygen atoms in total. The Balaban J connectivity index is 0.000000330. The third kappa shape index (κ3) is 8.58. The number of unbranched alkanes of at least 4 members (excludes halogenated alkanes) is 5. The Morgan fingerprint density at radius 2 is 1.29 bits per heavy atom. The summed E-state index contributed by atoms with van der Waals surface area (Å²) in [5, 5.41) is 26.8. The zero-order chi connectivity index (χ0) is 20.8. The summed E-state index contributed by atoms with van der Waals surface area (Å²) >= 11 is 0. The van der Waals surface area contributed by atoms with E-state index in [0.717, 1.165) is 12.8 Å². The molecule has 2 aromatic carbocycles. The number of ether oxygens (including phenoxy) is 1. The van der Waals surface area contributed by atoms with Gasteiger partial charge in [0.05, 0.1) is 6.61 Å². The van der Waals surface area contributed by atoms with Gasteiger partial charge in [-0.3, -0.25) is 0 Å². The van der Waals surface area contributed by atoms with Gasteiger partial charge < -0.3 is 20.1 Å². The number of carbonyl (C=O) groups is 2. The van der Waals surface area contributed by atoms with Crippen LogP contribution in [0.2, 0.25) is 0 Å². The van der Waals surface area contributed by atoms with E-state index in [0.29, 0.717) is 6.61 Å². The van der Waals surface area contributed by atoms with Crippen molar-refractivity contribution in [2.75, 3.05) is 6.61 Å². The van der Waals surface area contributed by atoms with Crippen LogP contribution in [0.1, 0.15) is 66.2 Å². The number of phenolic OH excluding ortho intramolecular Hbond substituents is 1. The topological polar surface area (TPSA) is 104 Å². The summed E-state index contributed by atoms with van der Waals surface area (Å²) in [7, 11) is 0. The Bertz CT molecular complexity index is 741. The molecule has 0 aliphatic carbocycles. The molecule has 0 saturated heterocycles. The van der Waals surface area contributed by atoms with Crippen LogP contribution < -0.4 is 0 Å². The second kappa shape index (κ2) is 13.2. The lowest BCUT2D eigenvalue weighted by Crippen LogP contribution is -2.06. The first kappa shape index (κ1) is 23.0. The summed E-state index contributed by atoms with van der Waals surface area (Å²) in [6.07, 6.45) is 6.95. The second-order valence-electron chi connectivity index (χ2n) is 6.24. The number of para-hydroxylation sites is 2. The second-order valence-corrected chi connectivity index (χ2v) is 6.24. The molecule has 0 radical (unpaired) electrons. The number of carbonyl (C=O) groups excluding carboxylic acids is 1. The molecule has 3 N–H and O–H groups in total. The maximum atomic E-state index is 11.6. The van der Waals surface area contributed by atoms with Gasteiger partial charge in [-0.15, -0.1) is 0 Å². The van der Waals surface area contributed by atoms with Gasteiger partial charge in [0.15, 0.2) is 0 Å². The van der Waals surface area contributed by atoms with Crippen LogP contribution in [0.4, 0.5) is 0 Å². The fourth-order valence-corrected chi connectivity index (χ4v) is 2.43. The number of carboxylic acid groups (broad SMARTS) is 1. The zero-order valence-electron chi connectivity index (χ0n) is 16.1. The molecule has 0 spiro atoms. The first-order valence-electron chi connectivity index (χ1n) is 9.43. The number of benzene rings is 2. The van der Waals surface area contributed by atoms with Crippen LogP contribution in [0.3, 0.4) is 0 Å². The van der Waals surface area contributed by atoms with Gasteiger partial charge in [-0.25, -0.2) is 9.59 Å². The van der Waals surface area contributed by atoms with Crippen molar-refractivity contribution in [2.24, 2.45) is 0 Å². The molecular weight excluding hydrogens is 360 g/mol. The minimum Gasteiger partial charge on any atom is -0.507 e. The van der Waals surface area contributed by atoms with E-state index < -0.39 is 11.9 Å². The standard InChI is InChI=1S/C15H22O3.C7H6O3/c1-2-3-4-5-6-9-12-18-15(17)13-10-7-8-11-14(13)16;8-6-4-2-1-3-5(6)7(9)10/h7-8,10-11,16H,2-6,9,12H2,1H3;1-4,8H,(H,9,10). The summed E-state index contributed by atoms with van der Waals surface area (Å²) < 4.78 is 5.12. The lowest BCUT2D eigenvalue weighted by atomic mass is 10.1. The van der Waals surface area contributed by atoms with Gasteiger partial charge in [0.2, 0.25) is 0 Å². The van der Waals surface area contributed by atoms with Crippen LogP contribution in [0, 0.1) is 0 Å². The average molecular weight is 388 g/mol. The van der Waals surface area contributed by atoms with Crippen molar-refractivity contribution in [3.05, 3.63) is 59.7 Å². The first-order valence-corrected chi connectivity index (χ1v) is 9.43. The molecule has 0 aliphatic heterocycles. The van der Waals surface area contributed by atoms with Crippen LogP contribution in [-0.2, 0) is 4.74 Å². The van der Waals surface area contributed by atoms with Crippen LogP contribution in [0.5, 0.6) is 11.5 Å². The molecule has 6 heteroatoms. The summed E-state index contributed by atoms with van der Waals surface area (Å²) in [6.45, 7) is 2.62. The fourth-order valence-electron chi connectivity index (χ4n) is 2.43. The quantitative estimate of drug-likeness (QED) is 0.412. The van der Waals surface area contributed by atoms with Gasteiger partial charge in [-0.1, -0.05) is 63.3 Å². The van der Waals surface area contributed by atoms with Crippen molar-refractivity contribution >= 4 is 11.9 Å². The molecule has 0 aromatic heterocycles. The molecule has 28 heavy (non-hydrogen) atoms. The first-order chi connectivity index (χ1) is 13.5. The minimum absolute atomic E-state index is 0.0227. The Labute approximate surface area is 165 Å². The van der Waals surface area contributed by atoms with Gasteiger partial charge in [0, 0.05) is 0 Å². The zero-order valence-corrected chi connectivity index (χ0v) is 16.1. The molecule has 0 fully saturated rings. The number of hydrogen-bond acceptors (Lipinski definition) is 5. The number of carboxylic acids is 1. The van der Waals surface area contributed by atoms with Crippen LogP contribution in [0.25, 0.3) is 0 Å². The normalized spacial score (nSPS) is 9.89. The Morgan fingerprint density at radius 1 is 0.786 bits per heavy atom. The molecule has 152 valence electrons. The molecule has 0 amide bonds. The van der Waals surface area contributed by atoms with E-state index in [1.807, 2.05) is 0 Å². The molecule has 0 unspecified atom stereocenters. The van der Waals surface area contributed by atoms with Gasteiger partial charge in [0.1, 0.15) is 22.6 Å². The predicted octanol–water partition coefficient (Wildman–Crippen LogP) is 5.00.